The summed E-state index contributed by atoms with van der Waals surface area (Å²) in [4.78, 5) is 0. The zero-order chi connectivity index (χ0) is 12.8. The molecule has 3 fully saturated rings. The van der Waals surface area contributed by atoms with E-state index in [2.05, 4.69) is 12.2 Å². The van der Waals surface area contributed by atoms with Crippen molar-refractivity contribution < 1.29 is 9.84 Å². The number of hydrogen-bond acceptors (Lipinski definition) is 4. The largest absolute Gasteiger partial charge is 0.389 e. The molecule has 5 unspecified atom stereocenters. The fourth-order valence-electron chi connectivity index (χ4n) is 4.71. The van der Waals surface area contributed by atoms with Crippen LogP contribution < -0.4 is 11.1 Å². The third kappa shape index (κ3) is 1.52. The van der Waals surface area contributed by atoms with Crippen molar-refractivity contribution in [2.75, 3.05) is 19.6 Å². The molecule has 18 heavy (non-hydrogen) atoms. The minimum Gasteiger partial charge on any atom is -0.389 e. The number of aliphatic hydroxyl groups is 1. The number of piperidine rings is 1. The summed E-state index contributed by atoms with van der Waals surface area (Å²) < 4.78 is 6.03. The zero-order valence-electron chi connectivity index (χ0n) is 11.3. The van der Waals surface area contributed by atoms with Gasteiger partial charge in [-0.15, -0.1) is 0 Å². The van der Waals surface area contributed by atoms with Crippen LogP contribution in [0, 0.1) is 11.3 Å². The highest BCUT2D eigenvalue weighted by atomic mass is 16.5. The van der Waals surface area contributed by atoms with E-state index in [-0.39, 0.29) is 11.5 Å². The molecule has 4 N–H and O–H groups in total. The van der Waals surface area contributed by atoms with Gasteiger partial charge in [-0.05, 0) is 38.6 Å². The van der Waals surface area contributed by atoms with Gasteiger partial charge in [0.05, 0.1) is 17.8 Å². The Morgan fingerprint density at radius 2 is 2.28 bits per heavy atom. The normalized spacial score (nSPS) is 51.8. The van der Waals surface area contributed by atoms with E-state index < -0.39 is 5.60 Å². The molecule has 0 radical (unpaired) electrons. The lowest BCUT2D eigenvalue weighted by atomic mass is 9.56. The van der Waals surface area contributed by atoms with Crippen molar-refractivity contribution in [2.24, 2.45) is 17.1 Å². The van der Waals surface area contributed by atoms with Gasteiger partial charge >= 0.3 is 0 Å². The summed E-state index contributed by atoms with van der Waals surface area (Å²) >= 11 is 0. The Kier molecular flexibility index (Phi) is 3.17. The third-order valence-corrected chi connectivity index (χ3v) is 5.78. The van der Waals surface area contributed by atoms with E-state index in [4.69, 9.17) is 10.5 Å². The average Bonchev–Trinajstić information content (AvgIpc) is 3.00. The van der Waals surface area contributed by atoms with E-state index in [1.54, 1.807) is 0 Å². The first-order chi connectivity index (χ1) is 8.66. The van der Waals surface area contributed by atoms with Crippen LogP contribution in [-0.4, -0.2) is 42.5 Å². The Morgan fingerprint density at radius 1 is 1.44 bits per heavy atom. The van der Waals surface area contributed by atoms with Gasteiger partial charge < -0.3 is 20.9 Å². The molecule has 3 aliphatic heterocycles. The number of fused-ring (bicyclic) bond motifs is 2. The first-order valence-corrected chi connectivity index (χ1v) is 7.45. The highest BCUT2D eigenvalue weighted by Crippen LogP contribution is 2.57. The molecule has 3 saturated heterocycles. The van der Waals surface area contributed by atoms with Crippen LogP contribution in [0.3, 0.4) is 0 Å². The van der Waals surface area contributed by atoms with Crippen LogP contribution in [0.25, 0.3) is 0 Å². The topological polar surface area (TPSA) is 67.5 Å². The number of rotatable bonds is 3. The molecule has 0 spiro atoms. The van der Waals surface area contributed by atoms with Crippen LogP contribution in [0.4, 0.5) is 0 Å². The van der Waals surface area contributed by atoms with Gasteiger partial charge in [0.1, 0.15) is 0 Å². The summed E-state index contributed by atoms with van der Waals surface area (Å²) in [5, 5.41) is 14.8. The van der Waals surface area contributed by atoms with Crippen LogP contribution in [0.15, 0.2) is 0 Å². The number of hydrogen-bond donors (Lipinski definition) is 3. The molecule has 3 aliphatic rings. The summed E-state index contributed by atoms with van der Waals surface area (Å²) in [7, 11) is 0. The molecule has 2 bridgehead atoms. The molecule has 3 rings (SSSR count). The lowest BCUT2D eigenvalue weighted by Crippen LogP contribution is -2.65. The molecule has 3 heterocycles. The van der Waals surface area contributed by atoms with Crippen molar-refractivity contribution in [2.45, 2.75) is 56.8 Å². The maximum Gasteiger partial charge on any atom is 0.0793 e. The molecule has 4 heteroatoms. The molecular weight excluding hydrogens is 228 g/mol. The van der Waals surface area contributed by atoms with Crippen LogP contribution in [0.5, 0.6) is 0 Å². The molecule has 0 aromatic rings. The quantitative estimate of drug-likeness (QED) is 0.691. The third-order valence-electron chi connectivity index (χ3n) is 5.78. The van der Waals surface area contributed by atoms with Crippen LogP contribution >= 0.6 is 0 Å². The second kappa shape index (κ2) is 4.44. The van der Waals surface area contributed by atoms with E-state index in [1.165, 1.54) is 0 Å². The Labute approximate surface area is 109 Å². The van der Waals surface area contributed by atoms with Gasteiger partial charge in [0.15, 0.2) is 0 Å². The second-order valence-electron chi connectivity index (χ2n) is 6.37. The molecule has 0 saturated carbocycles. The first kappa shape index (κ1) is 12.9. The molecule has 4 nitrogen and oxygen atoms in total. The van der Waals surface area contributed by atoms with E-state index in [0.717, 1.165) is 45.2 Å². The Bertz CT molecular complexity index is 325. The second-order valence-corrected chi connectivity index (χ2v) is 6.37. The summed E-state index contributed by atoms with van der Waals surface area (Å²) in [6, 6.07) is 0. The van der Waals surface area contributed by atoms with Gasteiger partial charge in [-0.25, -0.2) is 0 Å². The Balaban J connectivity index is 1.94. The predicted octanol–water partition coefficient (Wildman–Crippen LogP) is 0.633. The van der Waals surface area contributed by atoms with E-state index in [9.17, 15) is 5.11 Å². The maximum atomic E-state index is 11.4. The van der Waals surface area contributed by atoms with Gasteiger partial charge in [-0.2, -0.15) is 0 Å². The highest BCUT2D eigenvalue weighted by Gasteiger charge is 2.64. The fraction of sp³-hybridized carbons (Fsp3) is 1.00. The maximum absolute atomic E-state index is 11.4. The van der Waals surface area contributed by atoms with Gasteiger partial charge in [-0.3, -0.25) is 0 Å². The van der Waals surface area contributed by atoms with Crippen molar-refractivity contribution in [1.82, 2.24) is 5.32 Å². The molecule has 0 amide bonds. The van der Waals surface area contributed by atoms with Crippen LogP contribution in [-0.2, 0) is 4.74 Å². The molecular formula is C14H26N2O2. The van der Waals surface area contributed by atoms with Crippen molar-refractivity contribution in [1.29, 1.82) is 0 Å². The predicted molar refractivity (Wildman–Crippen MR) is 70.2 cm³/mol. The Hall–Kier alpha value is -0.160. The summed E-state index contributed by atoms with van der Waals surface area (Å²) in [5.41, 5.74) is 5.29. The van der Waals surface area contributed by atoms with Gasteiger partial charge in [0.25, 0.3) is 0 Å². The average molecular weight is 254 g/mol. The van der Waals surface area contributed by atoms with E-state index in [0.29, 0.717) is 18.6 Å². The van der Waals surface area contributed by atoms with Gasteiger partial charge in [0.2, 0.25) is 0 Å². The molecule has 5 atom stereocenters. The number of ether oxygens (including phenoxy) is 1. The summed E-state index contributed by atoms with van der Waals surface area (Å²) in [5.74, 6) is 0.303. The zero-order valence-corrected chi connectivity index (χ0v) is 11.3. The molecule has 0 aromatic heterocycles. The Morgan fingerprint density at radius 3 is 2.83 bits per heavy atom. The highest BCUT2D eigenvalue weighted by molar-refractivity contribution is 5.14. The van der Waals surface area contributed by atoms with Crippen molar-refractivity contribution in [3.8, 4) is 0 Å². The first-order valence-electron chi connectivity index (χ1n) is 7.45. The molecule has 0 aromatic carbocycles. The fourth-order valence-corrected chi connectivity index (χ4v) is 4.71. The minimum atomic E-state index is -0.637. The monoisotopic (exact) mass is 254 g/mol. The smallest absolute Gasteiger partial charge is 0.0793 e. The van der Waals surface area contributed by atoms with Crippen molar-refractivity contribution in [3.05, 3.63) is 0 Å². The van der Waals surface area contributed by atoms with E-state index >= 15 is 0 Å². The summed E-state index contributed by atoms with van der Waals surface area (Å²) in [6.07, 6.45) is 5.53. The van der Waals surface area contributed by atoms with Crippen molar-refractivity contribution in [3.63, 3.8) is 0 Å². The molecule has 0 aliphatic carbocycles. The van der Waals surface area contributed by atoms with Gasteiger partial charge in [0, 0.05) is 24.4 Å². The van der Waals surface area contributed by atoms with Crippen LogP contribution in [0.1, 0.15) is 39.0 Å². The standard InChI is InChI=1S/C14H26N2O2/c1-2-10-8-16-6-5-14(10,17)13(9-15)7-11-3-4-12(13)18-11/h10-12,16-17H,2-9,15H2,1H3. The minimum absolute atomic E-state index is 0.185. The van der Waals surface area contributed by atoms with Crippen molar-refractivity contribution >= 4 is 0 Å². The molecule has 104 valence electrons. The SMILES string of the molecule is CCC1CNCCC1(O)C1(CN)CC2CCC1O2. The van der Waals surface area contributed by atoms with E-state index in [1.807, 2.05) is 0 Å². The summed E-state index contributed by atoms with van der Waals surface area (Å²) in [6.45, 7) is 4.53. The lowest BCUT2D eigenvalue weighted by Gasteiger charge is -2.54. The van der Waals surface area contributed by atoms with Crippen LogP contribution in [0.2, 0.25) is 0 Å². The van der Waals surface area contributed by atoms with Gasteiger partial charge in [-0.1, -0.05) is 6.92 Å². The number of nitrogens with one attached hydrogen (secondary N) is 1. The lowest BCUT2D eigenvalue weighted by molar-refractivity contribution is -0.160. The number of nitrogens with two attached hydrogens (primary N) is 1.